The monoisotopic (exact) mass is 654 g/mol. The number of rotatable bonds is 8. The maximum atomic E-state index is 13.7. The molecule has 1 saturated carbocycles. The van der Waals surface area contributed by atoms with Crippen molar-refractivity contribution in [3.63, 3.8) is 0 Å². The molecule has 6 rings (SSSR count). The number of aryl methyl sites for hydroxylation is 1. The summed E-state index contributed by atoms with van der Waals surface area (Å²) in [4.78, 5) is 32.0. The van der Waals surface area contributed by atoms with E-state index in [4.69, 9.17) is 9.72 Å². The number of nitrogens with zero attached hydrogens (tertiary/aromatic N) is 6. The predicted octanol–water partition coefficient (Wildman–Crippen LogP) is 4.29. The molecule has 46 heavy (non-hydrogen) atoms. The number of carbonyl (C=O) groups is 2. The Bertz CT molecular complexity index is 1490. The van der Waals surface area contributed by atoms with E-state index in [9.17, 15) is 31.5 Å². The largest absolute Gasteiger partial charge is 0.393 e. The second-order valence-electron chi connectivity index (χ2n) is 12.2. The minimum absolute atomic E-state index is 0.0217. The maximum absolute atomic E-state index is 13.7. The van der Waals surface area contributed by atoms with Crippen LogP contribution in [-0.4, -0.2) is 80.5 Å². The van der Waals surface area contributed by atoms with Crippen LogP contribution in [0.25, 0.3) is 5.78 Å². The lowest BCUT2D eigenvalue weighted by molar-refractivity contribution is -0.183. The molecule has 3 aromatic rings. The number of aromatic nitrogens is 6. The Morgan fingerprint density at radius 2 is 1.98 bits per heavy atom. The third-order valence-corrected chi connectivity index (χ3v) is 9.15. The summed E-state index contributed by atoms with van der Waals surface area (Å²) in [6.07, 6.45) is 0.499. The fourth-order valence-electron chi connectivity index (χ4n) is 6.54. The van der Waals surface area contributed by atoms with Gasteiger partial charge in [0.05, 0.1) is 41.8 Å². The average molecular weight is 655 g/mol. The molecule has 4 unspecified atom stereocenters. The normalized spacial score (nSPS) is 24.3. The third-order valence-electron chi connectivity index (χ3n) is 9.15. The molecule has 2 saturated heterocycles. The van der Waals surface area contributed by atoms with E-state index in [-0.39, 0.29) is 43.6 Å². The molecule has 3 fully saturated rings. The van der Waals surface area contributed by atoms with Crippen molar-refractivity contribution < 1.29 is 36.3 Å². The number of carbonyl (C=O) groups excluding carboxylic acids is 2. The van der Waals surface area contributed by atoms with Gasteiger partial charge < -0.3 is 15.4 Å². The smallest absolute Gasteiger partial charge is 0.381 e. The second-order valence-corrected chi connectivity index (χ2v) is 12.2. The Hall–Kier alpha value is -3.53. The van der Waals surface area contributed by atoms with Crippen molar-refractivity contribution in [3.05, 3.63) is 41.2 Å². The average Bonchev–Trinajstić information content (AvgIpc) is 3.79. The van der Waals surface area contributed by atoms with Crippen LogP contribution in [0, 0.1) is 17.8 Å². The topological polar surface area (TPSA) is 128 Å². The van der Waals surface area contributed by atoms with Gasteiger partial charge in [-0.05, 0) is 51.6 Å². The second kappa shape index (κ2) is 14.1. The summed E-state index contributed by atoms with van der Waals surface area (Å²) in [5, 5.41) is 14.1. The lowest BCUT2D eigenvalue weighted by Gasteiger charge is -2.32. The fourth-order valence-corrected chi connectivity index (χ4v) is 6.54. The highest BCUT2D eigenvalue weighted by Gasteiger charge is 2.45. The van der Waals surface area contributed by atoms with Crippen LogP contribution in [0.2, 0.25) is 0 Å². The Morgan fingerprint density at radius 3 is 2.59 bits per heavy atom. The maximum Gasteiger partial charge on any atom is 0.393 e. The van der Waals surface area contributed by atoms with Gasteiger partial charge in [0.1, 0.15) is 5.69 Å². The summed E-state index contributed by atoms with van der Waals surface area (Å²) >= 11 is 0. The Balaban J connectivity index is 0.000000400. The molecule has 5 heterocycles. The molecule has 3 aromatic heterocycles. The molecule has 16 heteroatoms. The number of nitrogens with one attached hydrogen (secondary N) is 2. The van der Waals surface area contributed by atoms with Crippen LogP contribution < -0.4 is 10.6 Å². The highest BCUT2D eigenvalue weighted by molar-refractivity contribution is 5.79. The van der Waals surface area contributed by atoms with E-state index in [1.807, 2.05) is 6.92 Å². The van der Waals surface area contributed by atoms with Crippen LogP contribution in [0.5, 0.6) is 0 Å². The van der Waals surface area contributed by atoms with E-state index in [1.54, 1.807) is 30.2 Å². The minimum atomic E-state index is -4.39. The van der Waals surface area contributed by atoms with E-state index in [0.717, 1.165) is 12.8 Å². The molecule has 3 aliphatic rings. The molecule has 0 radical (unpaired) electrons. The summed E-state index contributed by atoms with van der Waals surface area (Å²) in [5.74, 6) is -5.36. The first-order valence-corrected chi connectivity index (χ1v) is 15.6. The van der Waals surface area contributed by atoms with Crippen LogP contribution in [0.4, 0.5) is 22.0 Å². The molecule has 11 nitrogen and oxygen atoms in total. The number of piperidine rings is 1. The number of imidazole rings is 1. The first-order valence-electron chi connectivity index (χ1n) is 15.6. The van der Waals surface area contributed by atoms with Crippen LogP contribution >= 0.6 is 0 Å². The molecule has 4 atom stereocenters. The molecule has 2 aliphatic heterocycles. The van der Waals surface area contributed by atoms with Crippen molar-refractivity contribution in [2.75, 3.05) is 26.8 Å². The molecule has 0 spiro atoms. The Kier molecular flexibility index (Phi) is 10.3. The van der Waals surface area contributed by atoms with Gasteiger partial charge in [0, 0.05) is 57.0 Å². The Morgan fingerprint density at radius 1 is 1.22 bits per heavy atom. The van der Waals surface area contributed by atoms with E-state index >= 15 is 0 Å². The molecule has 0 aromatic carbocycles. The summed E-state index contributed by atoms with van der Waals surface area (Å²) in [6, 6.07) is 1.43. The van der Waals surface area contributed by atoms with Crippen molar-refractivity contribution in [1.82, 2.24) is 40.0 Å². The first-order chi connectivity index (χ1) is 21.9. The van der Waals surface area contributed by atoms with Gasteiger partial charge in [0.2, 0.25) is 11.8 Å². The number of fused-ring (bicyclic) bond motifs is 1. The van der Waals surface area contributed by atoms with Crippen molar-refractivity contribution >= 4 is 18.0 Å². The first kappa shape index (κ1) is 33.8. The number of hydrogen-bond donors (Lipinski definition) is 2. The number of amides is 1. The zero-order valence-corrected chi connectivity index (χ0v) is 25.8. The molecule has 1 amide bonds. The van der Waals surface area contributed by atoms with Gasteiger partial charge in [-0.2, -0.15) is 23.4 Å². The SMILES string of the molecule is CCn1nccc1C=O.CNC(c1cn2nc(CC3CC(C(F)(F)F)CNC3=O)c(C3CCOC3)nc2n1)C1CCC(F)(F)CC1. The van der Waals surface area contributed by atoms with Crippen LogP contribution in [0.15, 0.2) is 18.5 Å². The van der Waals surface area contributed by atoms with Crippen molar-refractivity contribution in [2.24, 2.45) is 17.8 Å². The van der Waals surface area contributed by atoms with Crippen molar-refractivity contribution in [1.29, 1.82) is 0 Å². The standard InChI is InChI=1S/C24H31F5N6O2.C6H8N2O/c1-30-19(13-2-5-23(25,26)6-3-13)18-11-35-22(32-18)33-20(14-4-7-37-12-14)17(34-35)9-15-8-16(24(27,28)29)10-31-21(15)36;1-2-8-6(5-9)3-4-7-8/h11,13-16,19,30H,2-10,12H2,1H3,(H,31,36);3-5H,2H2,1H3. The lowest BCUT2D eigenvalue weighted by atomic mass is 9.81. The summed E-state index contributed by atoms with van der Waals surface area (Å²) < 4.78 is 76.1. The van der Waals surface area contributed by atoms with Crippen molar-refractivity contribution in [2.45, 2.75) is 82.5 Å². The summed E-state index contributed by atoms with van der Waals surface area (Å²) in [7, 11) is 1.76. The van der Waals surface area contributed by atoms with Crippen LogP contribution in [-0.2, 0) is 22.5 Å². The highest BCUT2D eigenvalue weighted by Crippen LogP contribution is 2.41. The minimum Gasteiger partial charge on any atom is -0.381 e. The van der Waals surface area contributed by atoms with E-state index in [2.05, 4.69) is 25.8 Å². The number of halogens is 5. The van der Waals surface area contributed by atoms with Gasteiger partial charge >= 0.3 is 6.18 Å². The van der Waals surface area contributed by atoms with Gasteiger partial charge in [-0.25, -0.2) is 23.3 Å². The highest BCUT2D eigenvalue weighted by atomic mass is 19.4. The van der Waals surface area contributed by atoms with Crippen molar-refractivity contribution in [3.8, 4) is 0 Å². The van der Waals surface area contributed by atoms with Gasteiger partial charge in [-0.1, -0.05) is 0 Å². The number of aldehydes is 1. The van der Waals surface area contributed by atoms with Gasteiger partial charge in [0.25, 0.3) is 5.78 Å². The van der Waals surface area contributed by atoms with E-state index < -0.39 is 36.4 Å². The third kappa shape index (κ3) is 7.70. The number of ether oxygens (including phenoxy) is 1. The molecular weight excluding hydrogens is 615 g/mol. The number of alkyl halides is 5. The zero-order chi connectivity index (χ0) is 33.1. The number of hydrogen-bond acceptors (Lipinski definition) is 8. The summed E-state index contributed by atoms with van der Waals surface area (Å²) in [6.45, 7) is 3.21. The van der Waals surface area contributed by atoms with Crippen LogP contribution in [0.3, 0.4) is 0 Å². The summed E-state index contributed by atoms with van der Waals surface area (Å²) in [5.41, 5.74) is 2.30. The van der Waals surface area contributed by atoms with Crippen LogP contribution in [0.1, 0.15) is 85.0 Å². The lowest BCUT2D eigenvalue weighted by Crippen LogP contribution is -2.47. The van der Waals surface area contributed by atoms with E-state index in [0.29, 0.717) is 61.0 Å². The molecule has 2 N–H and O–H groups in total. The Labute approximate surface area is 262 Å². The predicted molar refractivity (Wildman–Crippen MR) is 155 cm³/mol. The van der Waals surface area contributed by atoms with Gasteiger partial charge in [0.15, 0.2) is 6.29 Å². The van der Waals surface area contributed by atoms with Gasteiger partial charge in [-0.3, -0.25) is 14.3 Å². The molecule has 1 aliphatic carbocycles. The molecule has 252 valence electrons. The fraction of sp³-hybridized carbons (Fsp3) is 0.667. The van der Waals surface area contributed by atoms with Gasteiger partial charge in [-0.15, -0.1) is 0 Å². The quantitative estimate of drug-likeness (QED) is 0.272. The molecular formula is C30H39F5N8O3. The van der Waals surface area contributed by atoms with E-state index in [1.165, 1.54) is 4.52 Å². The zero-order valence-electron chi connectivity index (χ0n) is 25.8. The molecule has 0 bridgehead atoms.